The molecule has 0 rings (SSSR count). The Morgan fingerprint density at radius 2 is 0.562 bits per heavy atom. The molecule has 0 aromatic rings. The van der Waals surface area contributed by atoms with Crippen LogP contribution in [0.3, 0.4) is 0 Å². The third-order valence-electron chi connectivity index (χ3n) is 15.6. The Morgan fingerprint density at radius 3 is 0.833 bits per heavy atom. The maximum Gasteiger partial charge on any atom is 0.472 e. The monoisotopic (exact) mass is 1350 g/mol. The molecule has 0 radical (unpaired) electrons. The van der Waals surface area contributed by atoms with Gasteiger partial charge in [0.25, 0.3) is 0 Å². The van der Waals surface area contributed by atoms with E-state index in [0.717, 1.165) is 154 Å². The molecular weight excluding hydrogens is 1210 g/mol. The number of ether oxygens (including phenoxy) is 2. The number of allylic oxidation sites excluding steroid dienone is 32. The fourth-order valence-electron chi connectivity index (χ4n) is 9.87. The normalized spacial score (nSPS) is 14.2. The lowest BCUT2D eigenvalue weighted by Gasteiger charge is -2.24. The van der Waals surface area contributed by atoms with E-state index in [1.807, 2.05) is 21.1 Å². The fourth-order valence-corrected chi connectivity index (χ4v) is 10.6. The molecule has 1 N–H and O–H groups in total. The van der Waals surface area contributed by atoms with Crippen molar-refractivity contribution in [3.05, 3.63) is 194 Å². The number of hydrogen-bond donors (Lipinski definition) is 1. The number of unbranched alkanes of at least 4 members (excludes halogenated alkanes) is 22. The van der Waals surface area contributed by atoms with E-state index in [1.54, 1.807) is 0 Å². The molecule has 0 bridgehead atoms. The summed E-state index contributed by atoms with van der Waals surface area (Å²) in [4.78, 5) is 36.0. The van der Waals surface area contributed by atoms with E-state index < -0.39 is 26.5 Å². The summed E-state index contributed by atoms with van der Waals surface area (Å²) in [7, 11) is 1.45. The highest BCUT2D eigenvalue weighted by Crippen LogP contribution is 2.43. The molecular formula is C86H141NO8P+. The number of phosphoric acid groups is 1. The van der Waals surface area contributed by atoms with Crippen LogP contribution >= 0.6 is 7.82 Å². The molecule has 0 aliphatic heterocycles. The highest BCUT2D eigenvalue weighted by Gasteiger charge is 2.27. The minimum Gasteiger partial charge on any atom is -0.462 e. The Balaban J connectivity index is 4.08. The van der Waals surface area contributed by atoms with Crippen LogP contribution in [0.25, 0.3) is 0 Å². The molecule has 0 aromatic heterocycles. The van der Waals surface area contributed by atoms with Gasteiger partial charge in [0.2, 0.25) is 0 Å². The summed E-state index contributed by atoms with van der Waals surface area (Å²) in [5.41, 5.74) is 0. The lowest BCUT2D eigenvalue weighted by molar-refractivity contribution is -0.870. The van der Waals surface area contributed by atoms with Crippen LogP contribution in [0.1, 0.15) is 284 Å². The zero-order valence-corrected chi connectivity index (χ0v) is 62.7. The van der Waals surface area contributed by atoms with Crippen LogP contribution in [-0.4, -0.2) is 74.9 Å². The summed E-state index contributed by atoms with van der Waals surface area (Å²) in [6, 6.07) is 0. The average molecular weight is 1350 g/mol. The second-order valence-corrected chi connectivity index (χ2v) is 27.4. The molecule has 0 amide bonds. The second kappa shape index (κ2) is 74.1. The number of nitrogens with zero attached hydrogens (tertiary/aromatic N) is 1. The van der Waals surface area contributed by atoms with Crippen LogP contribution in [0, 0.1) is 0 Å². The van der Waals surface area contributed by atoms with Gasteiger partial charge in [-0.25, -0.2) is 4.57 Å². The maximum atomic E-state index is 12.9. The van der Waals surface area contributed by atoms with Gasteiger partial charge in [-0.05, 0) is 141 Å². The SMILES string of the molecule is CC/C=C\C/C=C\C/C=C\C/C=C\C/C=C\C/C=C\C/C=C\C/C=C\C/C=C\CCCCCCCCCCCCCCCC(=O)OC(COC(=O)CCCCCCCCCCC/C=C\C/C=C\C/C=C\C/C=C\C/C=C\C/C=C\C/C=C\CC)COP(=O)(O)OCC[N+](C)(C)C. The summed E-state index contributed by atoms with van der Waals surface area (Å²) in [6.45, 7) is 4.19. The smallest absolute Gasteiger partial charge is 0.462 e. The van der Waals surface area contributed by atoms with Gasteiger partial charge in [0.1, 0.15) is 19.8 Å². The molecule has 2 atom stereocenters. The summed E-state index contributed by atoms with van der Waals surface area (Å²) in [6.07, 6.45) is 115. The van der Waals surface area contributed by atoms with Crippen molar-refractivity contribution in [3.63, 3.8) is 0 Å². The molecule has 96 heavy (non-hydrogen) atoms. The predicted octanol–water partition coefficient (Wildman–Crippen LogP) is 25.6. The lowest BCUT2D eigenvalue weighted by Crippen LogP contribution is -2.37. The molecule has 0 aromatic carbocycles. The van der Waals surface area contributed by atoms with Gasteiger partial charge in [-0.2, -0.15) is 0 Å². The zero-order chi connectivity index (χ0) is 69.7. The van der Waals surface area contributed by atoms with Gasteiger partial charge in [0.05, 0.1) is 27.7 Å². The van der Waals surface area contributed by atoms with E-state index in [1.165, 1.54) is 96.3 Å². The molecule has 0 fully saturated rings. The van der Waals surface area contributed by atoms with E-state index >= 15 is 0 Å². The lowest BCUT2D eigenvalue weighted by atomic mass is 10.0. The van der Waals surface area contributed by atoms with Crippen molar-refractivity contribution in [2.45, 2.75) is 290 Å². The average Bonchev–Trinajstić information content (AvgIpc) is 2.54. The summed E-state index contributed by atoms with van der Waals surface area (Å²) < 4.78 is 34.8. The van der Waals surface area contributed by atoms with Crippen molar-refractivity contribution < 1.29 is 42.1 Å². The van der Waals surface area contributed by atoms with Crippen LogP contribution in [0.15, 0.2) is 194 Å². The van der Waals surface area contributed by atoms with Crippen molar-refractivity contribution in [1.29, 1.82) is 0 Å². The number of quaternary nitrogens is 1. The number of hydrogen-bond acceptors (Lipinski definition) is 7. The largest absolute Gasteiger partial charge is 0.472 e. The first kappa shape index (κ1) is 90.8. The van der Waals surface area contributed by atoms with Gasteiger partial charge in [-0.3, -0.25) is 18.6 Å². The Labute approximate surface area is 590 Å². The molecule has 0 heterocycles. The fraction of sp³-hybridized carbons (Fsp3) is 0.605. The van der Waals surface area contributed by atoms with Gasteiger partial charge in [-0.1, -0.05) is 324 Å². The van der Waals surface area contributed by atoms with Crippen molar-refractivity contribution in [2.24, 2.45) is 0 Å². The molecule has 10 heteroatoms. The second-order valence-electron chi connectivity index (χ2n) is 25.9. The number of phosphoric ester groups is 1. The van der Waals surface area contributed by atoms with E-state index in [2.05, 4.69) is 208 Å². The number of likely N-dealkylation sites (N-methyl/N-ethyl adjacent to an activating group) is 1. The summed E-state index contributed by atoms with van der Waals surface area (Å²) in [5.74, 6) is -0.813. The number of rotatable bonds is 68. The van der Waals surface area contributed by atoms with Gasteiger partial charge < -0.3 is 18.9 Å². The third-order valence-corrected chi connectivity index (χ3v) is 16.6. The first-order valence-corrected chi connectivity index (χ1v) is 39.7. The summed E-state index contributed by atoms with van der Waals surface area (Å²) >= 11 is 0. The van der Waals surface area contributed by atoms with Crippen molar-refractivity contribution in [1.82, 2.24) is 0 Å². The molecule has 0 saturated heterocycles. The van der Waals surface area contributed by atoms with Crippen LogP contribution in [0.5, 0.6) is 0 Å². The Bertz CT molecular complexity index is 2330. The standard InChI is InChI=1S/C86H140NO8P/c1-6-8-10-12-14-16-18-20-22-24-26-28-30-32-34-36-38-39-40-41-42-43-44-45-46-47-49-51-53-55-57-59-61-63-65-67-69-71-73-75-77-79-86(89)95-84(83-94-96(90,91)93-81-80-87(3,4)5)82-92-85(88)78-76-74-72-70-68-66-64-62-60-58-56-54-52-50-48-37-35-33-31-29-27-25-23-21-19-17-15-13-11-9-7-2/h8-11,14-17,20-23,26-29,32-35,38-39,41-42,44-45,47-50,54,56,84H,6-7,12-13,18-19,24-25,30-31,36-37,40,43,46,51-53,55,57-83H2,1-5H3/p+1/b10-8-,11-9-,16-14-,17-15-,22-20-,23-21-,28-26-,29-27-,34-32-,35-33-,39-38-,42-41-,45-44-,49-47-,50-48-,56-54-. The Morgan fingerprint density at radius 1 is 0.323 bits per heavy atom. The minimum absolute atomic E-state index is 0.0216. The van der Waals surface area contributed by atoms with Crippen molar-refractivity contribution in [3.8, 4) is 0 Å². The van der Waals surface area contributed by atoms with Crippen LogP contribution in [0.2, 0.25) is 0 Å². The highest BCUT2D eigenvalue weighted by atomic mass is 31.2. The quantitative estimate of drug-likeness (QED) is 0.0211. The molecule has 0 aliphatic carbocycles. The van der Waals surface area contributed by atoms with Gasteiger partial charge in [0, 0.05) is 12.8 Å². The van der Waals surface area contributed by atoms with E-state index in [9.17, 15) is 19.0 Å². The van der Waals surface area contributed by atoms with Crippen LogP contribution in [0.4, 0.5) is 0 Å². The highest BCUT2D eigenvalue weighted by molar-refractivity contribution is 7.47. The molecule has 0 spiro atoms. The molecule has 542 valence electrons. The number of esters is 2. The van der Waals surface area contributed by atoms with E-state index in [4.69, 9.17) is 18.5 Å². The van der Waals surface area contributed by atoms with Gasteiger partial charge in [0.15, 0.2) is 6.10 Å². The first-order valence-electron chi connectivity index (χ1n) is 38.2. The molecule has 0 aliphatic rings. The van der Waals surface area contributed by atoms with Crippen molar-refractivity contribution >= 4 is 19.8 Å². The Kier molecular flexibility index (Phi) is 70.1. The number of carbonyl (C=O) groups is 2. The van der Waals surface area contributed by atoms with E-state index in [0.29, 0.717) is 17.4 Å². The molecule has 9 nitrogen and oxygen atoms in total. The van der Waals surface area contributed by atoms with Crippen LogP contribution in [-0.2, 0) is 32.7 Å². The molecule has 2 unspecified atom stereocenters. The molecule has 0 saturated carbocycles. The third kappa shape index (κ3) is 77.9. The maximum absolute atomic E-state index is 12.9. The van der Waals surface area contributed by atoms with E-state index in [-0.39, 0.29) is 32.0 Å². The predicted molar refractivity (Wildman–Crippen MR) is 417 cm³/mol. The Hall–Kier alpha value is -5.15. The van der Waals surface area contributed by atoms with Crippen molar-refractivity contribution in [2.75, 3.05) is 47.5 Å². The van der Waals surface area contributed by atoms with Crippen LogP contribution < -0.4 is 0 Å². The van der Waals surface area contributed by atoms with Gasteiger partial charge in [-0.15, -0.1) is 0 Å². The zero-order valence-electron chi connectivity index (χ0n) is 61.8. The minimum atomic E-state index is -4.41. The van der Waals surface area contributed by atoms with Gasteiger partial charge >= 0.3 is 19.8 Å². The summed E-state index contributed by atoms with van der Waals surface area (Å²) in [5, 5.41) is 0. The number of carbonyl (C=O) groups excluding carboxylic acids is 2. The topological polar surface area (TPSA) is 108 Å². The first-order chi connectivity index (χ1) is 47.0.